The van der Waals surface area contributed by atoms with Gasteiger partial charge in [0.1, 0.15) is 0 Å². The highest BCUT2D eigenvalue weighted by atomic mass is 16.4. The fourth-order valence-electron chi connectivity index (χ4n) is 2.18. The Morgan fingerprint density at radius 1 is 1.24 bits per heavy atom. The molecule has 0 aromatic rings. The zero-order chi connectivity index (χ0) is 13.0. The number of aliphatic carboxylic acids is 1. The molecule has 0 saturated heterocycles. The summed E-state index contributed by atoms with van der Waals surface area (Å²) in [7, 11) is 0. The molecule has 1 aliphatic rings. The van der Waals surface area contributed by atoms with Crippen LogP contribution in [-0.2, 0) is 9.59 Å². The van der Waals surface area contributed by atoms with Crippen LogP contribution in [0.15, 0.2) is 0 Å². The van der Waals surface area contributed by atoms with Gasteiger partial charge in [0.2, 0.25) is 5.91 Å². The van der Waals surface area contributed by atoms with Gasteiger partial charge in [-0.2, -0.15) is 0 Å². The highest BCUT2D eigenvalue weighted by molar-refractivity contribution is 5.85. The van der Waals surface area contributed by atoms with E-state index in [1.165, 1.54) is 6.92 Å². The maximum absolute atomic E-state index is 11.8. The Morgan fingerprint density at radius 3 is 2.18 bits per heavy atom. The largest absolute Gasteiger partial charge is 0.480 e. The summed E-state index contributed by atoms with van der Waals surface area (Å²) < 4.78 is 0. The number of rotatable bonds is 4. The Morgan fingerprint density at radius 2 is 1.76 bits per heavy atom. The first-order valence-electron chi connectivity index (χ1n) is 6.13. The van der Waals surface area contributed by atoms with Crippen LogP contribution >= 0.6 is 0 Å². The summed E-state index contributed by atoms with van der Waals surface area (Å²) in [6.07, 6.45) is 2.53. The summed E-state index contributed by atoms with van der Waals surface area (Å²) in [4.78, 5) is 22.7. The van der Waals surface area contributed by atoms with Crippen LogP contribution in [0.3, 0.4) is 0 Å². The van der Waals surface area contributed by atoms with Gasteiger partial charge in [0, 0.05) is 5.92 Å². The van der Waals surface area contributed by atoms with Gasteiger partial charge in [0.15, 0.2) is 6.04 Å². The molecule has 1 rings (SSSR count). The molecule has 1 aliphatic carbocycles. The lowest BCUT2D eigenvalue weighted by Gasteiger charge is -2.27. The molecule has 98 valence electrons. The normalized spacial score (nSPS) is 28.2. The number of aliphatic hydroxyl groups is 1. The third-order valence-corrected chi connectivity index (χ3v) is 3.43. The Labute approximate surface area is 101 Å². The number of nitrogens with one attached hydrogen (secondary N) is 1. The van der Waals surface area contributed by atoms with Crippen LogP contribution in [0.25, 0.3) is 0 Å². The van der Waals surface area contributed by atoms with Crippen molar-refractivity contribution in [1.82, 2.24) is 5.32 Å². The number of carbonyl (C=O) groups excluding carboxylic acids is 1. The number of carboxylic acid groups (broad SMARTS) is 1. The summed E-state index contributed by atoms with van der Waals surface area (Å²) >= 11 is 0. The van der Waals surface area contributed by atoms with Gasteiger partial charge in [0.25, 0.3) is 0 Å². The first kappa shape index (κ1) is 14.0. The molecular formula is C12H21NO4. The van der Waals surface area contributed by atoms with Crippen molar-refractivity contribution in [3.8, 4) is 0 Å². The molecule has 1 saturated carbocycles. The van der Waals surface area contributed by atoms with Crippen LogP contribution in [-0.4, -0.2) is 34.2 Å². The minimum absolute atomic E-state index is 0.105. The van der Waals surface area contributed by atoms with Gasteiger partial charge >= 0.3 is 5.97 Å². The molecular weight excluding hydrogens is 222 g/mol. The molecule has 0 aliphatic heterocycles. The van der Waals surface area contributed by atoms with E-state index in [1.54, 1.807) is 0 Å². The van der Waals surface area contributed by atoms with Crippen molar-refractivity contribution in [2.24, 2.45) is 11.8 Å². The molecule has 1 amide bonds. The molecule has 2 atom stereocenters. The fourth-order valence-corrected chi connectivity index (χ4v) is 2.18. The van der Waals surface area contributed by atoms with Crippen molar-refractivity contribution >= 4 is 11.9 Å². The van der Waals surface area contributed by atoms with Crippen molar-refractivity contribution in [3.63, 3.8) is 0 Å². The lowest BCUT2D eigenvalue weighted by Crippen LogP contribution is -2.49. The molecule has 0 heterocycles. The molecule has 0 spiro atoms. The topological polar surface area (TPSA) is 86.6 Å². The minimum atomic E-state index is -1.21. The predicted octanol–water partition coefficient (Wildman–Crippen LogP) is 0.763. The van der Waals surface area contributed by atoms with Crippen LogP contribution in [0, 0.1) is 11.8 Å². The molecule has 5 heteroatoms. The third-order valence-electron chi connectivity index (χ3n) is 3.43. The van der Waals surface area contributed by atoms with Gasteiger partial charge in [0.05, 0.1) is 6.10 Å². The van der Waals surface area contributed by atoms with E-state index in [0.717, 1.165) is 25.7 Å². The summed E-state index contributed by atoms with van der Waals surface area (Å²) in [5, 5.41) is 20.5. The van der Waals surface area contributed by atoms with Crippen molar-refractivity contribution in [2.45, 2.75) is 51.7 Å². The zero-order valence-electron chi connectivity index (χ0n) is 10.3. The highest BCUT2D eigenvalue weighted by Gasteiger charge is 2.30. The first-order valence-corrected chi connectivity index (χ1v) is 6.13. The molecule has 3 N–H and O–H groups in total. The molecule has 0 aromatic heterocycles. The second-order valence-electron chi connectivity index (χ2n) is 5.02. The molecule has 0 aromatic carbocycles. The Kier molecular flexibility index (Phi) is 4.93. The smallest absolute Gasteiger partial charge is 0.328 e. The predicted molar refractivity (Wildman–Crippen MR) is 62.4 cm³/mol. The maximum Gasteiger partial charge on any atom is 0.328 e. The Balaban J connectivity index is 2.50. The third kappa shape index (κ3) is 4.00. The number of hydrogen-bond acceptors (Lipinski definition) is 3. The van der Waals surface area contributed by atoms with E-state index >= 15 is 0 Å². The van der Waals surface area contributed by atoms with Gasteiger partial charge in [-0.25, -0.2) is 4.79 Å². The van der Waals surface area contributed by atoms with E-state index < -0.39 is 18.1 Å². The van der Waals surface area contributed by atoms with E-state index in [-0.39, 0.29) is 11.8 Å². The van der Waals surface area contributed by atoms with Crippen LogP contribution in [0.2, 0.25) is 0 Å². The van der Waals surface area contributed by atoms with Crippen molar-refractivity contribution in [2.75, 3.05) is 0 Å². The number of carboxylic acids is 1. The van der Waals surface area contributed by atoms with Gasteiger partial charge in [-0.3, -0.25) is 4.79 Å². The second kappa shape index (κ2) is 6.00. The average molecular weight is 243 g/mol. The van der Waals surface area contributed by atoms with Crippen LogP contribution < -0.4 is 5.32 Å². The van der Waals surface area contributed by atoms with Crippen LogP contribution in [0.5, 0.6) is 0 Å². The van der Waals surface area contributed by atoms with E-state index in [4.69, 9.17) is 5.11 Å². The minimum Gasteiger partial charge on any atom is -0.480 e. The van der Waals surface area contributed by atoms with Gasteiger partial charge < -0.3 is 15.5 Å². The van der Waals surface area contributed by atoms with E-state index in [9.17, 15) is 14.7 Å². The maximum atomic E-state index is 11.8. The van der Waals surface area contributed by atoms with Gasteiger partial charge in [-0.1, -0.05) is 6.92 Å². The average Bonchev–Trinajstić information content (AvgIpc) is 2.25. The zero-order valence-corrected chi connectivity index (χ0v) is 10.3. The van der Waals surface area contributed by atoms with E-state index in [0.29, 0.717) is 5.92 Å². The summed E-state index contributed by atoms with van der Waals surface area (Å²) in [6, 6.07) is -1.21. The lowest BCUT2D eigenvalue weighted by atomic mass is 9.82. The van der Waals surface area contributed by atoms with Gasteiger partial charge in [-0.15, -0.1) is 0 Å². The summed E-state index contributed by atoms with van der Waals surface area (Å²) in [5.41, 5.74) is 0. The molecule has 0 bridgehead atoms. The van der Waals surface area contributed by atoms with Crippen molar-refractivity contribution in [1.29, 1.82) is 0 Å². The molecule has 5 nitrogen and oxygen atoms in total. The van der Waals surface area contributed by atoms with Crippen molar-refractivity contribution in [3.05, 3.63) is 0 Å². The van der Waals surface area contributed by atoms with Crippen LogP contribution in [0.1, 0.15) is 39.5 Å². The fraction of sp³-hybridized carbons (Fsp3) is 0.833. The number of amides is 1. The standard InChI is InChI=1S/C12H21NO4/c1-7-3-5-9(6-4-7)11(15)13-10(8(2)14)12(16)17/h7-10,14H,3-6H2,1-2H3,(H,13,15)(H,16,17). The first-order chi connectivity index (χ1) is 7.91. The quantitative estimate of drug-likeness (QED) is 0.680. The Hall–Kier alpha value is -1.10. The molecule has 2 unspecified atom stereocenters. The number of aliphatic hydroxyl groups excluding tert-OH is 1. The van der Waals surface area contributed by atoms with E-state index in [1.807, 2.05) is 0 Å². The summed E-state index contributed by atoms with van der Waals surface area (Å²) in [6.45, 7) is 3.52. The second-order valence-corrected chi connectivity index (χ2v) is 5.02. The highest BCUT2D eigenvalue weighted by Crippen LogP contribution is 2.28. The molecule has 0 radical (unpaired) electrons. The van der Waals surface area contributed by atoms with Crippen LogP contribution in [0.4, 0.5) is 0 Å². The number of carbonyl (C=O) groups is 2. The molecule has 1 fully saturated rings. The number of hydrogen-bond donors (Lipinski definition) is 3. The van der Waals surface area contributed by atoms with Crippen molar-refractivity contribution < 1.29 is 19.8 Å². The SMILES string of the molecule is CC1CCC(C(=O)NC(C(=O)O)C(C)O)CC1. The van der Waals surface area contributed by atoms with E-state index in [2.05, 4.69) is 12.2 Å². The van der Waals surface area contributed by atoms with Gasteiger partial charge in [-0.05, 0) is 38.5 Å². The monoisotopic (exact) mass is 243 g/mol. The molecule has 17 heavy (non-hydrogen) atoms. The Bertz CT molecular complexity index is 282. The summed E-state index contributed by atoms with van der Waals surface area (Å²) in [5.74, 6) is -0.902. The lowest BCUT2D eigenvalue weighted by molar-refractivity contribution is -0.145.